The Morgan fingerprint density at radius 3 is 2.39 bits per heavy atom. The van der Waals surface area contributed by atoms with Gasteiger partial charge in [-0.05, 0) is 33.7 Å². The second kappa shape index (κ2) is 6.90. The fraction of sp³-hybridized carbons (Fsp3) is 0.786. The van der Waals surface area contributed by atoms with Crippen LogP contribution in [0.15, 0.2) is 0 Å². The largest absolute Gasteiger partial charge is 0.382 e. The number of hydrogen-bond donors (Lipinski definition) is 1. The van der Waals surface area contributed by atoms with Gasteiger partial charge < -0.3 is 10.1 Å². The smallest absolute Gasteiger partial charge is 0.0727 e. The molecule has 0 bridgehead atoms. The molecule has 18 heavy (non-hydrogen) atoms. The number of rotatable bonds is 7. The molecule has 1 N–H and O–H groups in total. The molecule has 1 rings (SSSR count). The van der Waals surface area contributed by atoms with E-state index in [1.54, 1.807) is 7.11 Å². The van der Waals surface area contributed by atoms with Crippen molar-refractivity contribution in [3.8, 4) is 0 Å². The minimum atomic E-state index is 0.285. The summed E-state index contributed by atoms with van der Waals surface area (Å²) >= 11 is 0. The molecule has 4 heteroatoms. The van der Waals surface area contributed by atoms with Gasteiger partial charge >= 0.3 is 0 Å². The van der Waals surface area contributed by atoms with E-state index < -0.39 is 0 Å². The number of aryl methyl sites for hydroxylation is 1. The quantitative estimate of drug-likeness (QED) is 0.811. The Kier molecular flexibility index (Phi) is 5.82. The molecular formula is C14H27N3O. The summed E-state index contributed by atoms with van der Waals surface area (Å²) in [5.41, 5.74) is 3.90. The number of aromatic nitrogens is 2. The van der Waals surface area contributed by atoms with Crippen molar-refractivity contribution in [3.05, 3.63) is 17.0 Å². The van der Waals surface area contributed by atoms with Gasteiger partial charge in [0.05, 0.1) is 18.3 Å². The Balaban J connectivity index is 3.23. The molecule has 1 aromatic heterocycles. The van der Waals surface area contributed by atoms with E-state index in [0.29, 0.717) is 12.6 Å². The highest BCUT2D eigenvalue weighted by Gasteiger charge is 2.21. The Labute approximate surface area is 111 Å². The molecule has 104 valence electrons. The highest BCUT2D eigenvalue weighted by atomic mass is 16.5. The van der Waals surface area contributed by atoms with Gasteiger partial charge in [0.2, 0.25) is 0 Å². The van der Waals surface area contributed by atoms with Crippen LogP contribution in [-0.2, 0) is 17.6 Å². The van der Waals surface area contributed by atoms with Gasteiger partial charge in [-0.1, -0.05) is 13.8 Å². The van der Waals surface area contributed by atoms with E-state index in [0.717, 1.165) is 12.8 Å². The lowest BCUT2D eigenvalue weighted by Gasteiger charge is -2.17. The van der Waals surface area contributed by atoms with Crippen molar-refractivity contribution in [2.24, 2.45) is 0 Å². The molecule has 0 aliphatic heterocycles. The van der Waals surface area contributed by atoms with Crippen LogP contribution in [-0.4, -0.2) is 30.5 Å². The van der Waals surface area contributed by atoms with Crippen molar-refractivity contribution in [1.82, 2.24) is 15.1 Å². The third kappa shape index (κ3) is 2.93. The van der Waals surface area contributed by atoms with Gasteiger partial charge in [0.1, 0.15) is 0 Å². The van der Waals surface area contributed by atoms with E-state index in [9.17, 15) is 0 Å². The van der Waals surface area contributed by atoms with E-state index >= 15 is 0 Å². The summed E-state index contributed by atoms with van der Waals surface area (Å²) in [6.07, 6.45) is 1.98. The molecule has 4 nitrogen and oxygen atoms in total. The van der Waals surface area contributed by atoms with Crippen molar-refractivity contribution < 1.29 is 4.74 Å². The maximum atomic E-state index is 5.25. The van der Waals surface area contributed by atoms with Crippen molar-refractivity contribution in [3.63, 3.8) is 0 Å². The van der Waals surface area contributed by atoms with Crippen LogP contribution in [0.1, 0.15) is 56.7 Å². The van der Waals surface area contributed by atoms with Crippen LogP contribution >= 0.6 is 0 Å². The first kappa shape index (κ1) is 15.2. The highest BCUT2D eigenvalue weighted by Crippen LogP contribution is 2.25. The zero-order chi connectivity index (χ0) is 13.7. The first-order valence-corrected chi connectivity index (χ1v) is 6.86. The fourth-order valence-corrected chi connectivity index (χ4v) is 2.47. The molecule has 1 heterocycles. The Bertz CT molecular complexity index is 373. The topological polar surface area (TPSA) is 39.1 Å². The van der Waals surface area contributed by atoms with Crippen LogP contribution in [0.5, 0.6) is 0 Å². The third-order valence-corrected chi connectivity index (χ3v) is 3.49. The van der Waals surface area contributed by atoms with Gasteiger partial charge in [-0.25, -0.2) is 0 Å². The normalized spacial score (nSPS) is 14.8. The molecule has 2 unspecified atom stereocenters. The molecule has 0 aliphatic rings. The average molecular weight is 253 g/mol. The predicted molar refractivity (Wildman–Crippen MR) is 75.0 cm³/mol. The van der Waals surface area contributed by atoms with E-state index in [1.807, 2.05) is 7.05 Å². The first-order valence-electron chi connectivity index (χ1n) is 6.86. The van der Waals surface area contributed by atoms with Crippen LogP contribution in [0, 0.1) is 0 Å². The molecule has 0 amide bonds. The van der Waals surface area contributed by atoms with E-state index in [2.05, 4.69) is 37.7 Å². The van der Waals surface area contributed by atoms with Crippen molar-refractivity contribution in [2.75, 3.05) is 20.8 Å². The van der Waals surface area contributed by atoms with Crippen LogP contribution in [0.3, 0.4) is 0 Å². The Hall–Kier alpha value is -0.870. The molecule has 2 atom stereocenters. The van der Waals surface area contributed by atoms with Crippen LogP contribution in [0.2, 0.25) is 0 Å². The van der Waals surface area contributed by atoms with E-state index in [-0.39, 0.29) is 6.04 Å². The van der Waals surface area contributed by atoms with Crippen molar-refractivity contribution in [1.29, 1.82) is 0 Å². The number of nitrogens with one attached hydrogen (secondary N) is 1. The molecule has 1 aromatic rings. The van der Waals surface area contributed by atoms with Crippen LogP contribution in [0.4, 0.5) is 0 Å². The average Bonchev–Trinajstić information content (AvgIpc) is 2.76. The lowest BCUT2D eigenvalue weighted by Crippen LogP contribution is -2.18. The summed E-state index contributed by atoms with van der Waals surface area (Å²) in [4.78, 5) is 0. The molecule has 0 saturated carbocycles. The minimum absolute atomic E-state index is 0.285. The molecule has 0 aliphatic carbocycles. The number of nitrogens with zero attached hydrogens (tertiary/aromatic N) is 2. The van der Waals surface area contributed by atoms with Gasteiger partial charge in [-0.3, -0.25) is 4.68 Å². The second-order valence-corrected chi connectivity index (χ2v) is 4.77. The monoisotopic (exact) mass is 253 g/mol. The summed E-state index contributed by atoms with van der Waals surface area (Å²) in [6.45, 7) is 9.41. The van der Waals surface area contributed by atoms with Gasteiger partial charge in [0, 0.05) is 24.4 Å². The molecule has 0 aromatic carbocycles. The zero-order valence-electron chi connectivity index (χ0n) is 12.6. The van der Waals surface area contributed by atoms with Gasteiger partial charge in [0.15, 0.2) is 0 Å². The SMILES string of the molecule is CCc1nn(C(C)COC)c(CC)c1C(C)NC. The number of methoxy groups -OCH3 is 1. The summed E-state index contributed by atoms with van der Waals surface area (Å²) in [6, 6.07) is 0.631. The van der Waals surface area contributed by atoms with Crippen molar-refractivity contribution >= 4 is 0 Å². The summed E-state index contributed by atoms with van der Waals surface area (Å²) in [7, 11) is 3.74. The minimum Gasteiger partial charge on any atom is -0.382 e. The van der Waals surface area contributed by atoms with Crippen LogP contribution < -0.4 is 5.32 Å². The Morgan fingerprint density at radius 1 is 1.28 bits per heavy atom. The highest BCUT2D eigenvalue weighted by molar-refractivity contribution is 5.30. The molecular weight excluding hydrogens is 226 g/mol. The van der Waals surface area contributed by atoms with Gasteiger partial charge in [0.25, 0.3) is 0 Å². The maximum absolute atomic E-state index is 5.25. The number of ether oxygens (including phenoxy) is 1. The van der Waals surface area contributed by atoms with Gasteiger partial charge in [-0.15, -0.1) is 0 Å². The fourth-order valence-electron chi connectivity index (χ4n) is 2.47. The van der Waals surface area contributed by atoms with Gasteiger partial charge in [-0.2, -0.15) is 5.10 Å². The molecule has 0 saturated heterocycles. The number of hydrogen-bond acceptors (Lipinski definition) is 3. The predicted octanol–water partition coefficient (Wildman–Crippen LogP) is 2.50. The summed E-state index contributed by atoms with van der Waals surface area (Å²) in [5.74, 6) is 0. The van der Waals surface area contributed by atoms with Crippen molar-refractivity contribution in [2.45, 2.75) is 52.6 Å². The summed E-state index contributed by atoms with van der Waals surface area (Å²) in [5, 5.41) is 8.11. The molecule has 0 radical (unpaired) electrons. The zero-order valence-corrected chi connectivity index (χ0v) is 12.6. The third-order valence-electron chi connectivity index (χ3n) is 3.49. The lowest BCUT2D eigenvalue weighted by atomic mass is 10.0. The standard InChI is InChI=1S/C14H27N3O/c1-7-12-14(11(4)15-5)13(8-2)17(16-12)10(3)9-18-6/h10-11,15H,7-9H2,1-6H3. The maximum Gasteiger partial charge on any atom is 0.0727 e. The molecule has 0 spiro atoms. The van der Waals surface area contributed by atoms with E-state index in [4.69, 9.17) is 9.84 Å². The van der Waals surface area contributed by atoms with E-state index in [1.165, 1.54) is 17.0 Å². The Morgan fingerprint density at radius 2 is 1.94 bits per heavy atom. The summed E-state index contributed by atoms with van der Waals surface area (Å²) < 4.78 is 7.39. The first-order chi connectivity index (χ1) is 8.60. The van der Waals surface area contributed by atoms with Crippen LogP contribution in [0.25, 0.3) is 0 Å². The lowest BCUT2D eigenvalue weighted by molar-refractivity contribution is 0.155. The second-order valence-electron chi connectivity index (χ2n) is 4.77. The molecule has 0 fully saturated rings.